The van der Waals surface area contributed by atoms with E-state index < -0.39 is 73.3 Å². The first-order valence-electron chi connectivity index (χ1n) is 8.46. The number of aromatic nitrogens is 2. The monoisotopic (exact) mass is 422 g/mol. The maximum Gasteiger partial charge on any atom is 0.251 e. The van der Waals surface area contributed by atoms with E-state index in [-0.39, 0.29) is 4.77 Å². The molecule has 2 aliphatic rings. The van der Waals surface area contributed by atoms with Crippen LogP contribution in [0.4, 0.5) is 0 Å². The van der Waals surface area contributed by atoms with Gasteiger partial charge in [-0.2, -0.15) is 0 Å². The molecule has 28 heavy (non-hydrogen) atoms. The Morgan fingerprint density at radius 3 is 2.21 bits per heavy atom. The van der Waals surface area contributed by atoms with Crippen LogP contribution in [-0.4, -0.2) is 107 Å². The van der Waals surface area contributed by atoms with Gasteiger partial charge in [-0.1, -0.05) is 0 Å². The molecule has 1 aromatic heterocycles. The molecule has 0 aromatic carbocycles. The van der Waals surface area contributed by atoms with Crippen molar-refractivity contribution in [3.8, 4) is 0 Å². The van der Waals surface area contributed by atoms with Crippen LogP contribution in [-0.2, 0) is 15.2 Å². The maximum atomic E-state index is 11.5. The summed E-state index contributed by atoms with van der Waals surface area (Å²) in [6, 6.07) is 1.04. The van der Waals surface area contributed by atoms with Gasteiger partial charge in [0.2, 0.25) is 5.72 Å². The number of aliphatic hydroxyl groups excluding tert-OH is 7. The summed E-state index contributed by atoms with van der Waals surface area (Å²) in [5.41, 5.74) is -2.78. The minimum Gasteiger partial charge on any atom is -0.394 e. The molecule has 1 aromatic rings. The molecule has 0 amide bonds. The molecule has 8 N–H and O–H groups in total. The molecule has 0 radical (unpaired) electrons. The third kappa shape index (κ3) is 3.13. The summed E-state index contributed by atoms with van der Waals surface area (Å²) in [5, 5.41) is 70.7. The number of nitrogens with zero attached hydrogens (tertiary/aromatic N) is 1. The van der Waals surface area contributed by atoms with Gasteiger partial charge < -0.3 is 45.2 Å². The maximum absolute atomic E-state index is 11.5. The van der Waals surface area contributed by atoms with Crippen molar-refractivity contribution >= 4 is 12.2 Å². The number of rotatable bonds is 4. The molecule has 3 rings (SSSR count). The van der Waals surface area contributed by atoms with E-state index in [9.17, 15) is 40.5 Å². The van der Waals surface area contributed by atoms with Gasteiger partial charge in [0.1, 0.15) is 48.8 Å². The normalized spacial score (nSPS) is 44.0. The number of ether oxygens (including phenoxy) is 2. The van der Waals surface area contributed by atoms with Crippen LogP contribution in [0.2, 0.25) is 0 Å². The standard InChI is InChI=1S/C15H22N2O10S/c18-3-5-8(21)10(23)11(24)13(26-5)15(12(25)9(22)6(4-19)27-15)17-2-1-7(20)16-14(17)28/h1-2,5-6,8-13,18-19,21-25H,3-4H2,(H,16,20,28)/t5-,6-,8-,9-,10+,11+,12-,13?,15+/m1/s1. The molecular weight excluding hydrogens is 400 g/mol. The second-order valence-electron chi connectivity index (χ2n) is 6.76. The van der Waals surface area contributed by atoms with E-state index in [1.54, 1.807) is 0 Å². The van der Waals surface area contributed by atoms with E-state index in [2.05, 4.69) is 4.98 Å². The first-order valence-corrected chi connectivity index (χ1v) is 8.87. The second kappa shape index (κ2) is 7.87. The van der Waals surface area contributed by atoms with Gasteiger partial charge in [-0.25, -0.2) is 0 Å². The summed E-state index contributed by atoms with van der Waals surface area (Å²) in [4.78, 5) is 13.8. The van der Waals surface area contributed by atoms with E-state index in [1.807, 2.05) is 0 Å². The number of hydrogen-bond acceptors (Lipinski definition) is 11. The molecular formula is C15H22N2O10S. The van der Waals surface area contributed by atoms with Gasteiger partial charge in [-0.05, 0) is 12.2 Å². The smallest absolute Gasteiger partial charge is 0.251 e. The molecule has 158 valence electrons. The van der Waals surface area contributed by atoms with E-state index in [4.69, 9.17) is 21.7 Å². The molecule has 3 heterocycles. The summed E-state index contributed by atoms with van der Waals surface area (Å²) >= 11 is 5.11. The third-order valence-electron chi connectivity index (χ3n) is 5.15. The zero-order chi connectivity index (χ0) is 20.8. The van der Waals surface area contributed by atoms with Crippen molar-refractivity contribution in [1.82, 2.24) is 9.55 Å². The molecule has 9 atom stereocenters. The summed E-state index contributed by atoms with van der Waals surface area (Å²) in [6.45, 7) is -1.45. The fourth-order valence-electron chi connectivity index (χ4n) is 3.68. The van der Waals surface area contributed by atoms with Crippen molar-refractivity contribution in [3.63, 3.8) is 0 Å². The molecule has 0 saturated carbocycles. The number of H-pyrrole nitrogens is 1. The van der Waals surface area contributed by atoms with Gasteiger partial charge in [0, 0.05) is 12.3 Å². The largest absolute Gasteiger partial charge is 0.394 e. The first-order chi connectivity index (χ1) is 13.2. The number of hydrogen-bond donors (Lipinski definition) is 8. The topological polar surface area (TPSA) is 198 Å². The van der Waals surface area contributed by atoms with Gasteiger partial charge in [-0.15, -0.1) is 0 Å². The molecule has 2 fully saturated rings. The lowest BCUT2D eigenvalue weighted by Gasteiger charge is -2.48. The lowest BCUT2D eigenvalue weighted by molar-refractivity contribution is -0.310. The lowest BCUT2D eigenvalue weighted by Crippen LogP contribution is -2.68. The van der Waals surface area contributed by atoms with Crippen molar-refractivity contribution in [3.05, 3.63) is 27.4 Å². The summed E-state index contributed by atoms with van der Waals surface area (Å²) in [6.07, 6.45) is -12.0. The highest BCUT2D eigenvalue weighted by atomic mass is 32.1. The van der Waals surface area contributed by atoms with Crippen molar-refractivity contribution in [2.45, 2.75) is 54.6 Å². The Bertz CT molecular complexity index is 815. The van der Waals surface area contributed by atoms with E-state index in [0.717, 1.165) is 16.8 Å². The van der Waals surface area contributed by atoms with Crippen LogP contribution in [0, 0.1) is 4.77 Å². The van der Waals surface area contributed by atoms with E-state index in [0.29, 0.717) is 0 Å². The van der Waals surface area contributed by atoms with Crippen LogP contribution in [0.1, 0.15) is 0 Å². The second-order valence-corrected chi connectivity index (χ2v) is 7.14. The Labute approximate surface area is 162 Å². The van der Waals surface area contributed by atoms with Gasteiger partial charge in [0.15, 0.2) is 4.77 Å². The average molecular weight is 422 g/mol. The zero-order valence-electron chi connectivity index (χ0n) is 14.4. The Morgan fingerprint density at radius 2 is 1.68 bits per heavy atom. The highest BCUT2D eigenvalue weighted by molar-refractivity contribution is 7.71. The van der Waals surface area contributed by atoms with Crippen LogP contribution in [0.3, 0.4) is 0 Å². The Kier molecular flexibility index (Phi) is 6.03. The molecule has 13 heteroatoms. The highest BCUT2D eigenvalue weighted by Crippen LogP contribution is 2.43. The predicted octanol–water partition coefficient (Wildman–Crippen LogP) is -4.49. The van der Waals surface area contributed by atoms with Gasteiger partial charge >= 0.3 is 0 Å². The van der Waals surface area contributed by atoms with Crippen LogP contribution >= 0.6 is 12.2 Å². The number of nitrogens with one attached hydrogen (secondary N) is 1. The Balaban J connectivity index is 2.20. The molecule has 2 saturated heterocycles. The molecule has 2 aliphatic heterocycles. The molecule has 0 spiro atoms. The average Bonchev–Trinajstić information content (AvgIpc) is 2.92. The number of aliphatic hydroxyl groups is 7. The van der Waals surface area contributed by atoms with Gasteiger partial charge in [-0.3, -0.25) is 14.3 Å². The van der Waals surface area contributed by atoms with E-state index in [1.165, 1.54) is 0 Å². The van der Waals surface area contributed by atoms with Crippen LogP contribution in [0.25, 0.3) is 0 Å². The minimum absolute atomic E-state index is 0.269. The summed E-state index contributed by atoms with van der Waals surface area (Å²) in [7, 11) is 0. The minimum atomic E-state index is -2.21. The molecule has 1 unspecified atom stereocenters. The Hall–Kier alpha value is -1.26. The van der Waals surface area contributed by atoms with Crippen molar-refractivity contribution in [2.75, 3.05) is 13.2 Å². The molecule has 12 nitrogen and oxygen atoms in total. The van der Waals surface area contributed by atoms with Gasteiger partial charge in [0.25, 0.3) is 5.56 Å². The van der Waals surface area contributed by atoms with Crippen molar-refractivity contribution in [1.29, 1.82) is 0 Å². The SMILES string of the molecule is O=c1ccn([C@]2(C3O[C@H](CO)[C@@H](O)[C@H](O)[C@@H]3O)O[C@H](CO)[C@@H](O)[C@H]2O)c(=S)[nH]1. The quantitative estimate of drug-likeness (QED) is 0.218. The van der Waals surface area contributed by atoms with E-state index >= 15 is 0 Å². The molecule has 0 bridgehead atoms. The van der Waals surface area contributed by atoms with Crippen LogP contribution in [0.5, 0.6) is 0 Å². The zero-order valence-corrected chi connectivity index (χ0v) is 15.2. The molecule has 0 aliphatic carbocycles. The summed E-state index contributed by atoms with van der Waals surface area (Å²) in [5.74, 6) is 0. The fraction of sp³-hybridized carbons (Fsp3) is 0.733. The van der Waals surface area contributed by atoms with Crippen LogP contribution < -0.4 is 5.56 Å². The number of aromatic amines is 1. The van der Waals surface area contributed by atoms with Crippen molar-refractivity contribution < 1.29 is 45.2 Å². The first kappa shape index (κ1) is 21.4. The van der Waals surface area contributed by atoms with Crippen LogP contribution in [0.15, 0.2) is 17.1 Å². The van der Waals surface area contributed by atoms with Gasteiger partial charge in [0.05, 0.1) is 13.2 Å². The third-order valence-corrected chi connectivity index (χ3v) is 5.45. The predicted molar refractivity (Wildman–Crippen MR) is 91.6 cm³/mol. The highest BCUT2D eigenvalue weighted by Gasteiger charge is 2.65. The van der Waals surface area contributed by atoms with Crippen molar-refractivity contribution in [2.24, 2.45) is 0 Å². The Morgan fingerprint density at radius 1 is 1.04 bits per heavy atom. The summed E-state index contributed by atoms with van der Waals surface area (Å²) < 4.78 is 11.9. The lowest BCUT2D eigenvalue weighted by atomic mass is 9.86. The fourth-order valence-corrected chi connectivity index (χ4v) is 3.99.